The molecule has 0 radical (unpaired) electrons. The van der Waals surface area contributed by atoms with E-state index in [1.165, 1.54) is 6.92 Å². The first kappa shape index (κ1) is 20.7. The summed E-state index contributed by atoms with van der Waals surface area (Å²) in [4.78, 5) is 19.9. The standard InChI is InChI=1S/C19H27N5O2S/c1-13(2)17-12-27-18(24-17)11-22-19(20-4)21-8-9-26-16-7-5-6-15(10-16)23-14(3)25/h5-7,10,12-13H,8-9,11H2,1-4H3,(H,23,25)(H2,20,21,22). The third-order valence-corrected chi connectivity index (χ3v) is 4.48. The molecule has 1 heterocycles. The van der Waals surface area contributed by atoms with Gasteiger partial charge in [0.15, 0.2) is 5.96 Å². The van der Waals surface area contributed by atoms with Crippen LogP contribution in [0.15, 0.2) is 34.6 Å². The molecule has 146 valence electrons. The van der Waals surface area contributed by atoms with Crippen molar-refractivity contribution in [2.75, 3.05) is 25.5 Å². The molecule has 0 bridgehead atoms. The lowest BCUT2D eigenvalue weighted by Crippen LogP contribution is -2.38. The Kier molecular flexibility index (Phi) is 8.06. The zero-order valence-corrected chi connectivity index (χ0v) is 17.0. The van der Waals surface area contributed by atoms with Gasteiger partial charge >= 0.3 is 0 Å². The lowest BCUT2D eigenvalue weighted by atomic mass is 10.2. The Balaban J connectivity index is 1.72. The number of benzene rings is 1. The molecule has 0 saturated heterocycles. The Morgan fingerprint density at radius 3 is 2.81 bits per heavy atom. The fraction of sp³-hybridized carbons (Fsp3) is 0.421. The highest BCUT2D eigenvalue weighted by molar-refractivity contribution is 7.09. The fourth-order valence-electron chi connectivity index (χ4n) is 2.26. The highest BCUT2D eigenvalue weighted by Gasteiger charge is 2.06. The largest absolute Gasteiger partial charge is 0.492 e. The van der Waals surface area contributed by atoms with Gasteiger partial charge in [0, 0.05) is 31.1 Å². The summed E-state index contributed by atoms with van der Waals surface area (Å²) in [5, 5.41) is 12.3. The minimum Gasteiger partial charge on any atom is -0.492 e. The summed E-state index contributed by atoms with van der Waals surface area (Å²) in [7, 11) is 1.73. The van der Waals surface area contributed by atoms with Crippen LogP contribution < -0.4 is 20.7 Å². The molecule has 0 atom stereocenters. The van der Waals surface area contributed by atoms with Gasteiger partial charge in [-0.3, -0.25) is 9.79 Å². The van der Waals surface area contributed by atoms with Crippen molar-refractivity contribution < 1.29 is 9.53 Å². The number of aliphatic imine (C=N–C) groups is 1. The molecule has 0 aliphatic heterocycles. The van der Waals surface area contributed by atoms with E-state index in [9.17, 15) is 4.79 Å². The molecule has 1 amide bonds. The molecule has 0 aliphatic rings. The van der Waals surface area contributed by atoms with Crippen molar-refractivity contribution in [1.29, 1.82) is 0 Å². The number of nitrogens with one attached hydrogen (secondary N) is 3. The summed E-state index contributed by atoms with van der Waals surface area (Å²) < 4.78 is 5.71. The van der Waals surface area contributed by atoms with Crippen LogP contribution in [0.25, 0.3) is 0 Å². The van der Waals surface area contributed by atoms with Crippen molar-refractivity contribution in [3.63, 3.8) is 0 Å². The number of ether oxygens (including phenoxy) is 1. The van der Waals surface area contributed by atoms with E-state index >= 15 is 0 Å². The van der Waals surface area contributed by atoms with Crippen LogP contribution in [0.1, 0.15) is 37.4 Å². The average molecular weight is 390 g/mol. The number of hydrogen-bond donors (Lipinski definition) is 3. The number of anilines is 1. The maximum Gasteiger partial charge on any atom is 0.221 e. The number of aromatic nitrogens is 1. The number of thiazole rings is 1. The van der Waals surface area contributed by atoms with Crippen molar-refractivity contribution in [3.05, 3.63) is 40.3 Å². The highest BCUT2D eigenvalue weighted by Crippen LogP contribution is 2.18. The predicted molar refractivity (Wildman–Crippen MR) is 111 cm³/mol. The lowest BCUT2D eigenvalue weighted by molar-refractivity contribution is -0.114. The molecule has 2 rings (SSSR count). The Bertz CT molecular complexity index is 773. The first-order valence-corrected chi connectivity index (χ1v) is 9.75. The Hall–Kier alpha value is -2.61. The van der Waals surface area contributed by atoms with Gasteiger partial charge < -0.3 is 20.7 Å². The van der Waals surface area contributed by atoms with Gasteiger partial charge in [-0.2, -0.15) is 0 Å². The Labute approximate surface area is 164 Å². The molecular formula is C19H27N5O2S. The van der Waals surface area contributed by atoms with Gasteiger partial charge in [0.2, 0.25) is 5.91 Å². The Morgan fingerprint density at radius 1 is 1.33 bits per heavy atom. The SMILES string of the molecule is CN=C(NCCOc1cccc(NC(C)=O)c1)NCc1nc(C(C)C)cs1. The van der Waals surface area contributed by atoms with Crippen LogP contribution in [-0.4, -0.2) is 37.1 Å². The molecule has 0 spiro atoms. The topological polar surface area (TPSA) is 87.6 Å². The third kappa shape index (κ3) is 7.26. The van der Waals surface area contributed by atoms with Crippen LogP contribution >= 0.6 is 11.3 Å². The smallest absolute Gasteiger partial charge is 0.221 e. The van der Waals surface area contributed by atoms with E-state index in [0.717, 1.165) is 16.4 Å². The normalized spacial score (nSPS) is 11.4. The second-order valence-corrected chi connectivity index (χ2v) is 7.17. The molecule has 0 fully saturated rings. The third-order valence-electron chi connectivity index (χ3n) is 3.61. The molecular weight excluding hydrogens is 362 g/mol. The number of hydrogen-bond acceptors (Lipinski definition) is 5. The van der Waals surface area contributed by atoms with E-state index in [0.29, 0.717) is 37.3 Å². The van der Waals surface area contributed by atoms with E-state index in [-0.39, 0.29) is 5.91 Å². The molecule has 8 heteroatoms. The maximum atomic E-state index is 11.1. The first-order valence-electron chi connectivity index (χ1n) is 8.87. The molecule has 1 aromatic heterocycles. The van der Waals surface area contributed by atoms with Crippen LogP contribution in [0.3, 0.4) is 0 Å². The molecule has 27 heavy (non-hydrogen) atoms. The maximum absolute atomic E-state index is 11.1. The van der Waals surface area contributed by atoms with Crippen molar-refractivity contribution in [2.24, 2.45) is 4.99 Å². The van der Waals surface area contributed by atoms with E-state index in [1.54, 1.807) is 24.5 Å². The number of nitrogens with zero attached hydrogens (tertiary/aromatic N) is 2. The number of carbonyl (C=O) groups excluding carboxylic acids is 1. The fourth-order valence-corrected chi connectivity index (χ4v) is 3.15. The van der Waals surface area contributed by atoms with E-state index in [2.05, 4.69) is 45.2 Å². The molecule has 0 unspecified atom stereocenters. The second kappa shape index (κ2) is 10.5. The Morgan fingerprint density at radius 2 is 2.15 bits per heavy atom. The molecule has 1 aromatic carbocycles. The van der Waals surface area contributed by atoms with Gasteiger partial charge in [-0.1, -0.05) is 19.9 Å². The second-order valence-electron chi connectivity index (χ2n) is 6.23. The predicted octanol–water partition coefficient (Wildman–Crippen LogP) is 2.97. The van der Waals surface area contributed by atoms with Crippen LogP contribution in [-0.2, 0) is 11.3 Å². The summed E-state index contributed by atoms with van der Waals surface area (Å²) in [6, 6.07) is 7.31. The highest BCUT2D eigenvalue weighted by atomic mass is 32.1. The summed E-state index contributed by atoms with van der Waals surface area (Å²) >= 11 is 1.65. The molecule has 7 nitrogen and oxygen atoms in total. The van der Waals surface area contributed by atoms with Gasteiger partial charge in [0.25, 0.3) is 0 Å². The summed E-state index contributed by atoms with van der Waals surface area (Å²) in [5.41, 5.74) is 1.84. The molecule has 2 aromatic rings. The van der Waals surface area contributed by atoms with E-state index < -0.39 is 0 Å². The van der Waals surface area contributed by atoms with Gasteiger partial charge in [-0.05, 0) is 18.1 Å². The van der Waals surface area contributed by atoms with Crippen molar-refractivity contribution in [3.8, 4) is 5.75 Å². The minimum atomic E-state index is -0.107. The molecule has 0 saturated carbocycles. The van der Waals surface area contributed by atoms with Gasteiger partial charge in [0.1, 0.15) is 17.4 Å². The molecule has 0 aliphatic carbocycles. The first-order chi connectivity index (χ1) is 13.0. The zero-order valence-electron chi connectivity index (χ0n) is 16.2. The number of rotatable bonds is 8. The summed E-state index contributed by atoms with van der Waals surface area (Å²) in [5.74, 6) is 1.74. The van der Waals surface area contributed by atoms with E-state index in [4.69, 9.17) is 4.74 Å². The number of amides is 1. The van der Waals surface area contributed by atoms with Crippen LogP contribution in [0.5, 0.6) is 5.75 Å². The van der Waals surface area contributed by atoms with Crippen molar-refractivity contribution in [1.82, 2.24) is 15.6 Å². The van der Waals surface area contributed by atoms with Gasteiger partial charge in [0.05, 0.1) is 18.8 Å². The quantitative estimate of drug-likeness (QED) is 0.367. The number of carbonyl (C=O) groups is 1. The van der Waals surface area contributed by atoms with Crippen molar-refractivity contribution in [2.45, 2.75) is 33.2 Å². The van der Waals surface area contributed by atoms with Crippen LogP contribution in [0.4, 0.5) is 5.69 Å². The summed E-state index contributed by atoms with van der Waals surface area (Å²) in [6.45, 7) is 7.46. The van der Waals surface area contributed by atoms with Crippen molar-refractivity contribution >= 4 is 28.9 Å². The number of guanidine groups is 1. The van der Waals surface area contributed by atoms with Gasteiger partial charge in [-0.15, -0.1) is 11.3 Å². The zero-order chi connectivity index (χ0) is 19.6. The van der Waals surface area contributed by atoms with Crippen LogP contribution in [0.2, 0.25) is 0 Å². The lowest BCUT2D eigenvalue weighted by Gasteiger charge is -2.12. The monoisotopic (exact) mass is 389 g/mol. The van der Waals surface area contributed by atoms with Crippen LogP contribution in [0, 0.1) is 0 Å². The minimum absolute atomic E-state index is 0.107. The summed E-state index contributed by atoms with van der Waals surface area (Å²) in [6.07, 6.45) is 0. The van der Waals surface area contributed by atoms with Gasteiger partial charge in [-0.25, -0.2) is 4.98 Å². The molecule has 3 N–H and O–H groups in total. The van der Waals surface area contributed by atoms with E-state index in [1.807, 2.05) is 18.2 Å². The average Bonchev–Trinajstić information content (AvgIpc) is 3.10.